The maximum atomic E-state index is 11.1. The van der Waals surface area contributed by atoms with Gasteiger partial charge in [0, 0.05) is 13.6 Å². The van der Waals surface area contributed by atoms with E-state index >= 15 is 0 Å². The maximum absolute atomic E-state index is 11.1. The zero-order chi connectivity index (χ0) is 11.3. The number of rotatable bonds is 3. The van der Waals surface area contributed by atoms with Crippen LogP contribution in [0.2, 0.25) is 0 Å². The first-order valence-corrected chi connectivity index (χ1v) is 4.52. The van der Waals surface area contributed by atoms with E-state index in [1.54, 1.807) is 14.2 Å². The van der Waals surface area contributed by atoms with Gasteiger partial charge in [0.2, 0.25) is 0 Å². The fraction of sp³-hybridized carbons (Fsp3) is 0.300. The van der Waals surface area contributed by atoms with Crippen LogP contribution in [0, 0.1) is 0 Å². The number of nitrogens with zero attached hydrogens (tertiary/aromatic N) is 1. The third-order valence-corrected chi connectivity index (χ3v) is 2.05. The molecule has 0 heterocycles. The Kier molecular flexibility index (Phi) is 3.93. The highest BCUT2D eigenvalue weighted by molar-refractivity contribution is 5.73. The first kappa shape index (κ1) is 11.3. The molecular weight excluding hydrogens is 194 g/mol. The Balaban J connectivity index is 2.60. The maximum Gasteiger partial charge on any atom is 0.331 e. The third kappa shape index (κ3) is 3.14. The molecule has 0 aliphatic carbocycles. The molecule has 0 aromatic heterocycles. The summed E-state index contributed by atoms with van der Waals surface area (Å²) in [5.41, 5.74) is 3.09. The van der Waals surface area contributed by atoms with Crippen molar-refractivity contribution in [1.29, 1.82) is 0 Å². The number of benzene rings is 1. The van der Waals surface area contributed by atoms with Gasteiger partial charge in [0.05, 0.1) is 7.11 Å². The predicted octanol–water partition coefficient (Wildman–Crippen LogP) is 0.710. The van der Waals surface area contributed by atoms with E-state index in [1.807, 2.05) is 24.3 Å². The largest absolute Gasteiger partial charge is 0.497 e. The van der Waals surface area contributed by atoms with E-state index in [2.05, 4.69) is 5.43 Å². The van der Waals surface area contributed by atoms with E-state index in [0.717, 1.165) is 11.3 Å². The number of hydrazine groups is 1. The molecule has 82 valence electrons. The monoisotopic (exact) mass is 209 g/mol. The smallest absolute Gasteiger partial charge is 0.331 e. The summed E-state index contributed by atoms with van der Waals surface area (Å²) in [6, 6.07) is 7.19. The van der Waals surface area contributed by atoms with Gasteiger partial charge in [-0.25, -0.2) is 10.6 Å². The summed E-state index contributed by atoms with van der Waals surface area (Å²) in [6.07, 6.45) is 0. The summed E-state index contributed by atoms with van der Waals surface area (Å²) in [5, 5.41) is 0. The SMILES string of the molecule is COc1ccc(CN(C)C(=O)NN)cc1. The molecule has 0 fully saturated rings. The summed E-state index contributed by atoms with van der Waals surface area (Å²) < 4.78 is 5.03. The molecule has 5 heteroatoms. The van der Waals surface area contributed by atoms with Crippen molar-refractivity contribution in [3.63, 3.8) is 0 Å². The number of amides is 2. The standard InChI is InChI=1S/C10H15N3O2/c1-13(10(14)12-11)7-8-3-5-9(15-2)6-4-8/h3-6H,7,11H2,1-2H3,(H,12,14). The molecule has 0 saturated heterocycles. The van der Waals surface area contributed by atoms with Crippen LogP contribution in [0.5, 0.6) is 5.75 Å². The zero-order valence-corrected chi connectivity index (χ0v) is 8.86. The van der Waals surface area contributed by atoms with Gasteiger partial charge in [-0.05, 0) is 17.7 Å². The molecular formula is C10H15N3O2. The molecule has 1 aromatic rings. The van der Waals surface area contributed by atoms with Gasteiger partial charge in [-0.2, -0.15) is 0 Å². The first-order chi connectivity index (χ1) is 7.17. The number of carbonyl (C=O) groups is 1. The highest BCUT2D eigenvalue weighted by atomic mass is 16.5. The highest BCUT2D eigenvalue weighted by Gasteiger charge is 2.06. The second-order valence-corrected chi connectivity index (χ2v) is 3.15. The minimum absolute atomic E-state index is 0.314. The Morgan fingerprint density at radius 2 is 2.07 bits per heavy atom. The van der Waals surface area contributed by atoms with Crippen LogP contribution in [-0.4, -0.2) is 25.1 Å². The van der Waals surface area contributed by atoms with Crippen molar-refractivity contribution in [2.24, 2.45) is 5.84 Å². The van der Waals surface area contributed by atoms with E-state index in [-0.39, 0.29) is 6.03 Å². The highest BCUT2D eigenvalue weighted by Crippen LogP contribution is 2.12. The average molecular weight is 209 g/mol. The average Bonchev–Trinajstić information content (AvgIpc) is 2.29. The Morgan fingerprint density at radius 3 is 2.53 bits per heavy atom. The molecule has 0 atom stereocenters. The van der Waals surface area contributed by atoms with Crippen molar-refractivity contribution in [2.45, 2.75) is 6.54 Å². The number of methoxy groups -OCH3 is 1. The molecule has 0 bridgehead atoms. The summed E-state index contributed by atoms with van der Waals surface area (Å²) in [4.78, 5) is 12.6. The van der Waals surface area contributed by atoms with E-state index in [9.17, 15) is 4.79 Å². The minimum atomic E-state index is -0.314. The summed E-state index contributed by atoms with van der Waals surface area (Å²) in [5.74, 6) is 5.81. The molecule has 0 saturated carbocycles. The fourth-order valence-corrected chi connectivity index (χ4v) is 1.19. The van der Waals surface area contributed by atoms with Crippen LogP contribution in [0.25, 0.3) is 0 Å². The zero-order valence-electron chi connectivity index (χ0n) is 8.86. The number of urea groups is 1. The summed E-state index contributed by atoms with van der Waals surface area (Å²) in [6.45, 7) is 0.507. The second kappa shape index (κ2) is 5.21. The normalized spacial score (nSPS) is 9.53. The van der Waals surface area contributed by atoms with E-state index in [0.29, 0.717) is 6.54 Å². The van der Waals surface area contributed by atoms with E-state index < -0.39 is 0 Å². The van der Waals surface area contributed by atoms with Crippen LogP contribution in [-0.2, 0) is 6.54 Å². The lowest BCUT2D eigenvalue weighted by molar-refractivity contribution is 0.207. The number of hydrogen-bond acceptors (Lipinski definition) is 3. The molecule has 5 nitrogen and oxygen atoms in total. The summed E-state index contributed by atoms with van der Waals surface area (Å²) >= 11 is 0. The van der Waals surface area contributed by atoms with Crippen molar-refractivity contribution < 1.29 is 9.53 Å². The van der Waals surface area contributed by atoms with Crippen LogP contribution in [0.4, 0.5) is 4.79 Å². The van der Waals surface area contributed by atoms with E-state index in [1.165, 1.54) is 4.90 Å². The number of nitrogens with one attached hydrogen (secondary N) is 1. The van der Waals surface area contributed by atoms with Gasteiger partial charge in [-0.3, -0.25) is 5.43 Å². The molecule has 0 aliphatic heterocycles. The van der Waals surface area contributed by atoms with Gasteiger partial charge in [-0.1, -0.05) is 12.1 Å². The van der Waals surface area contributed by atoms with Crippen LogP contribution in [0.1, 0.15) is 5.56 Å². The molecule has 1 aromatic carbocycles. The lowest BCUT2D eigenvalue weighted by atomic mass is 10.2. The molecule has 0 spiro atoms. The number of carbonyl (C=O) groups excluding carboxylic acids is 1. The Morgan fingerprint density at radius 1 is 1.47 bits per heavy atom. The fourth-order valence-electron chi connectivity index (χ4n) is 1.19. The van der Waals surface area contributed by atoms with Crippen molar-refractivity contribution in [3.05, 3.63) is 29.8 Å². The third-order valence-electron chi connectivity index (χ3n) is 2.05. The van der Waals surface area contributed by atoms with Gasteiger partial charge in [0.1, 0.15) is 5.75 Å². The van der Waals surface area contributed by atoms with Gasteiger partial charge < -0.3 is 9.64 Å². The molecule has 15 heavy (non-hydrogen) atoms. The lowest BCUT2D eigenvalue weighted by Gasteiger charge is -2.16. The van der Waals surface area contributed by atoms with Crippen molar-refractivity contribution in [3.8, 4) is 5.75 Å². The lowest BCUT2D eigenvalue weighted by Crippen LogP contribution is -2.40. The van der Waals surface area contributed by atoms with Gasteiger partial charge in [0.25, 0.3) is 0 Å². The first-order valence-electron chi connectivity index (χ1n) is 4.52. The van der Waals surface area contributed by atoms with E-state index in [4.69, 9.17) is 10.6 Å². The minimum Gasteiger partial charge on any atom is -0.497 e. The van der Waals surface area contributed by atoms with Gasteiger partial charge >= 0.3 is 6.03 Å². The molecule has 0 unspecified atom stereocenters. The quantitative estimate of drug-likeness (QED) is 0.437. The van der Waals surface area contributed by atoms with Crippen LogP contribution >= 0.6 is 0 Å². The van der Waals surface area contributed by atoms with Gasteiger partial charge in [-0.15, -0.1) is 0 Å². The second-order valence-electron chi connectivity index (χ2n) is 3.15. The predicted molar refractivity (Wildman–Crippen MR) is 57.2 cm³/mol. The van der Waals surface area contributed by atoms with Gasteiger partial charge in [0.15, 0.2) is 0 Å². The molecule has 3 N–H and O–H groups in total. The van der Waals surface area contributed by atoms with Crippen LogP contribution < -0.4 is 16.0 Å². The Labute approximate surface area is 88.8 Å². The number of hydrogen-bond donors (Lipinski definition) is 2. The topological polar surface area (TPSA) is 67.6 Å². The van der Waals surface area contributed by atoms with Crippen molar-refractivity contribution >= 4 is 6.03 Å². The molecule has 1 rings (SSSR count). The van der Waals surface area contributed by atoms with Crippen LogP contribution in [0.3, 0.4) is 0 Å². The Hall–Kier alpha value is -1.75. The molecule has 2 amide bonds. The number of ether oxygens (including phenoxy) is 1. The van der Waals surface area contributed by atoms with Crippen LogP contribution in [0.15, 0.2) is 24.3 Å². The number of nitrogens with two attached hydrogens (primary N) is 1. The molecule has 0 aliphatic rings. The molecule has 0 radical (unpaired) electrons. The summed E-state index contributed by atoms with van der Waals surface area (Å²) in [7, 11) is 3.29. The van der Waals surface area contributed by atoms with Crippen molar-refractivity contribution in [2.75, 3.05) is 14.2 Å². The van der Waals surface area contributed by atoms with Crippen molar-refractivity contribution in [1.82, 2.24) is 10.3 Å². The Bertz CT molecular complexity index is 324.